The van der Waals surface area contributed by atoms with E-state index in [4.69, 9.17) is 0 Å². The van der Waals surface area contributed by atoms with Crippen molar-refractivity contribution < 1.29 is 19.2 Å². The van der Waals surface area contributed by atoms with Crippen molar-refractivity contribution >= 4 is 18.0 Å². The van der Waals surface area contributed by atoms with Gasteiger partial charge in [-0.05, 0) is 13.8 Å². The van der Waals surface area contributed by atoms with Crippen molar-refractivity contribution in [1.29, 1.82) is 0 Å². The Kier molecular flexibility index (Phi) is 6.66. The van der Waals surface area contributed by atoms with E-state index < -0.39 is 18.0 Å². The predicted molar refractivity (Wildman–Crippen MR) is 56.4 cm³/mol. The SMILES string of the molecule is CCNC(=O)ON(C(=O)CC)C(=O)NCC. The number of carbonyl (C=O) groups is 3. The molecule has 0 aliphatic rings. The highest BCUT2D eigenvalue weighted by atomic mass is 16.7. The van der Waals surface area contributed by atoms with E-state index in [0.29, 0.717) is 18.2 Å². The molecule has 0 rings (SSSR count). The quantitative estimate of drug-likeness (QED) is 0.697. The number of nitrogens with one attached hydrogen (secondary N) is 2. The number of imide groups is 1. The lowest BCUT2D eigenvalue weighted by Crippen LogP contribution is -2.46. The molecule has 0 fully saturated rings. The van der Waals surface area contributed by atoms with E-state index in [1.165, 1.54) is 0 Å². The van der Waals surface area contributed by atoms with E-state index in [9.17, 15) is 14.4 Å². The van der Waals surface area contributed by atoms with E-state index in [-0.39, 0.29) is 6.42 Å². The van der Waals surface area contributed by atoms with Gasteiger partial charge in [-0.2, -0.15) is 0 Å². The summed E-state index contributed by atoms with van der Waals surface area (Å²) in [6.07, 6.45) is -0.771. The van der Waals surface area contributed by atoms with Crippen LogP contribution in [0.15, 0.2) is 0 Å². The van der Waals surface area contributed by atoms with Crippen LogP contribution in [0.1, 0.15) is 27.2 Å². The van der Waals surface area contributed by atoms with Crippen molar-refractivity contribution in [2.45, 2.75) is 27.2 Å². The minimum Gasteiger partial charge on any atom is -0.335 e. The summed E-state index contributed by atoms with van der Waals surface area (Å²) in [6.45, 7) is 5.64. The van der Waals surface area contributed by atoms with Crippen molar-refractivity contribution in [2.75, 3.05) is 13.1 Å². The molecule has 0 aromatic heterocycles. The molecule has 0 aromatic rings. The highest BCUT2D eigenvalue weighted by molar-refractivity contribution is 5.94. The zero-order valence-electron chi connectivity index (χ0n) is 9.70. The Labute approximate surface area is 94.1 Å². The summed E-state index contributed by atoms with van der Waals surface area (Å²) >= 11 is 0. The first-order chi connectivity index (χ1) is 7.56. The first kappa shape index (κ1) is 14.2. The van der Waals surface area contributed by atoms with Crippen LogP contribution in [-0.4, -0.2) is 36.2 Å². The molecule has 92 valence electrons. The number of hydrogen-bond acceptors (Lipinski definition) is 4. The molecule has 0 saturated heterocycles. The fourth-order valence-electron chi connectivity index (χ4n) is 0.832. The molecule has 0 atom stereocenters. The van der Waals surface area contributed by atoms with E-state index >= 15 is 0 Å². The first-order valence-electron chi connectivity index (χ1n) is 5.13. The molecule has 0 saturated carbocycles. The van der Waals surface area contributed by atoms with Gasteiger partial charge in [0.15, 0.2) is 0 Å². The average molecular weight is 231 g/mol. The maximum absolute atomic E-state index is 11.4. The molecular formula is C9H17N3O4. The maximum atomic E-state index is 11.4. The van der Waals surface area contributed by atoms with E-state index in [2.05, 4.69) is 15.5 Å². The Morgan fingerprint density at radius 1 is 1.06 bits per heavy atom. The summed E-state index contributed by atoms with van der Waals surface area (Å²) < 4.78 is 0. The largest absolute Gasteiger partial charge is 0.432 e. The molecule has 0 aliphatic carbocycles. The van der Waals surface area contributed by atoms with Gasteiger partial charge < -0.3 is 15.5 Å². The Balaban J connectivity index is 4.49. The molecule has 0 radical (unpaired) electrons. The second kappa shape index (κ2) is 7.49. The van der Waals surface area contributed by atoms with E-state index in [1.54, 1.807) is 20.8 Å². The number of amides is 4. The number of urea groups is 1. The van der Waals surface area contributed by atoms with Gasteiger partial charge in [0.1, 0.15) is 0 Å². The smallest absolute Gasteiger partial charge is 0.335 e. The Morgan fingerprint density at radius 3 is 2.06 bits per heavy atom. The lowest BCUT2D eigenvalue weighted by Gasteiger charge is -2.18. The second-order valence-corrected chi connectivity index (χ2v) is 2.79. The Bertz CT molecular complexity index is 267. The number of rotatable bonds is 3. The van der Waals surface area contributed by atoms with Crippen molar-refractivity contribution in [3.63, 3.8) is 0 Å². The molecule has 7 heteroatoms. The highest BCUT2D eigenvalue weighted by Crippen LogP contribution is 1.97. The lowest BCUT2D eigenvalue weighted by atomic mass is 10.4. The summed E-state index contributed by atoms with van der Waals surface area (Å²) in [5, 5.41) is 5.11. The van der Waals surface area contributed by atoms with Crippen molar-refractivity contribution in [3.8, 4) is 0 Å². The summed E-state index contributed by atoms with van der Waals surface area (Å²) in [6, 6.07) is -0.749. The number of carbonyl (C=O) groups excluding carboxylic acids is 3. The third-order valence-corrected chi connectivity index (χ3v) is 1.54. The molecule has 0 heterocycles. The predicted octanol–water partition coefficient (Wildman–Crippen LogP) is 0.616. The van der Waals surface area contributed by atoms with E-state index in [1.807, 2.05) is 0 Å². The molecule has 0 aliphatic heterocycles. The van der Waals surface area contributed by atoms with Crippen molar-refractivity contribution in [2.24, 2.45) is 0 Å². The van der Waals surface area contributed by atoms with Crippen LogP contribution in [0, 0.1) is 0 Å². The monoisotopic (exact) mass is 231 g/mol. The van der Waals surface area contributed by atoms with Crippen molar-refractivity contribution in [1.82, 2.24) is 15.7 Å². The molecule has 2 N–H and O–H groups in total. The van der Waals surface area contributed by atoms with Gasteiger partial charge in [0.2, 0.25) is 0 Å². The number of hydrogen-bond donors (Lipinski definition) is 2. The fraction of sp³-hybridized carbons (Fsp3) is 0.667. The zero-order chi connectivity index (χ0) is 12.6. The summed E-state index contributed by atoms with van der Waals surface area (Å²) in [5.41, 5.74) is 0. The molecule has 16 heavy (non-hydrogen) atoms. The third kappa shape index (κ3) is 4.63. The lowest BCUT2D eigenvalue weighted by molar-refractivity contribution is -0.152. The van der Waals surface area contributed by atoms with E-state index in [0.717, 1.165) is 0 Å². The van der Waals surface area contributed by atoms with Crippen LogP contribution < -0.4 is 10.6 Å². The van der Waals surface area contributed by atoms with Crippen LogP contribution in [0.4, 0.5) is 9.59 Å². The van der Waals surface area contributed by atoms with Crippen LogP contribution in [-0.2, 0) is 9.63 Å². The van der Waals surface area contributed by atoms with Gasteiger partial charge in [-0.25, -0.2) is 9.59 Å². The normalized spacial score (nSPS) is 9.19. The van der Waals surface area contributed by atoms with Crippen LogP contribution in [0.2, 0.25) is 0 Å². The zero-order valence-corrected chi connectivity index (χ0v) is 9.70. The molecule has 0 unspecified atom stereocenters. The van der Waals surface area contributed by atoms with Crippen LogP contribution >= 0.6 is 0 Å². The van der Waals surface area contributed by atoms with Crippen LogP contribution in [0.25, 0.3) is 0 Å². The highest BCUT2D eigenvalue weighted by Gasteiger charge is 2.24. The minimum atomic E-state index is -0.837. The Morgan fingerprint density at radius 2 is 1.62 bits per heavy atom. The molecule has 0 aromatic carbocycles. The molecule has 0 bridgehead atoms. The second-order valence-electron chi connectivity index (χ2n) is 2.79. The average Bonchev–Trinajstić information content (AvgIpc) is 2.25. The molecule has 4 amide bonds. The minimum absolute atomic E-state index is 0.0660. The van der Waals surface area contributed by atoms with Crippen molar-refractivity contribution in [3.05, 3.63) is 0 Å². The van der Waals surface area contributed by atoms with Gasteiger partial charge in [0.05, 0.1) is 0 Å². The summed E-state index contributed by atoms with van der Waals surface area (Å²) in [7, 11) is 0. The van der Waals surface area contributed by atoms with Gasteiger partial charge in [-0.15, -0.1) is 0 Å². The van der Waals surface area contributed by atoms with Gasteiger partial charge in [0.25, 0.3) is 5.91 Å². The van der Waals surface area contributed by atoms with Gasteiger partial charge in [0, 0.05) is 19.5 Å². The summed E-state index contributed by atoms with van der Waals surface area (Å²) in [5.74, 6) is -0.586. The van der Waals surface area contributed by atoms with Crippen LogP contribution in [0.5, 0.6) is 0 Å². The molecular weight excluding hydrogens is 214 g/mol. The summed E-state index contributed by atoms with van der Waals surface area (Å²) in [4.78, 5) is 38.4. The first-order valence-corrected chi connectivity index (χ1v) is 5.13. The van der Waals surface area contributed by atoms with Gasteiger partial charge >= 0.3 is 12.1 Å². The van der Waals surface area contributed by atoms with Gasteiger partial charge in [-0.1, -0.05) is 12.0 Å². The number of hydroxylamine groups is 2. The van der Waals surface area contributed by atoms with Crippen LogP contribution in [0.3, 0.4) is 0 Å². The standard InChI is InChI=1S/C9H17N3O4/c1-4-7(13)12(8(14)10-5-2)16-9(15)11-6-3/h4-6H2,1-3H3,(H,10,14)(H,11,15). The molecule has 7 nitrogen and oxygen atoms in total. The van der Waals surface area contributed by atoms with Gasteiger partial charge in [-0.3, -0.25) is 4.79 Å². The Hall–Kier alpha value is -1.79. The maximum Gasteiger partial charge on any atom is 0.432 e. The third-order valence-electron chi connectivity index (χ3n) is 1.54. The topological polar surface area (TPSA) is 87.7 Å². The molecule has 0 spiro atoms. The number of nitrogens with zero attached hydrogens (tertiary/aromatic N) is 1. The fourth-order valence-corrected chi connectivity index (χ4v) is 0.832.